The number of rotatable bonds is 3. The van der Waals surface area contributed by atoms with E-state index >= 15 is 0 Å². The maximum atomic E-state index is 12.7. The first-order valence-corrected chi connectivity index (χ1v) is 8.52. The molecule has 8 heteroatoms. The molecule has 2 aliphatic heterocycles. The highest BCUT2D eigenvalue weighted by atomic mass is 16.6. The van der Waals surface area contributed by atoms with Crippen molar-refractivity contribution < 1.29 is 14.3 Å². The Morgan fingerprint density at radius 1 is 1.44 bits per heavy atom. The normalized spacial score (nSPS) is 26.1. The average molecular weight is 343 g/mol. The van der Waals surface area contributed by atoms with E-state index in [1.54, 1.807) is 24.5 Å². The molecule has 4 rings (SSSR count). The van der Waals surface area contributed by atoms with Gasteiger partial charge in [-0.1, -0.05) is 0 Å². The number of aromatic nitrogens is 4. The van der Waals surface area contributed by atoms with Crippen LogP contribution in [0, 0.1) is 6.92 Å². The fourth-order valence-electron chi connectivity index (χ4n) is 3.62. The topological polar surface area (TPSA) is 93.2 Å². The lowest BCUT2D eigenvalue weighted by molar-refractivity contribution is -0.0455. The summed E-state index contributed by atoms with van der Waals surface area (Å²) in [7, 11) is 0. The summed E-state index contributed by atoms with van der Waals surface area (Å²) in [6, 6.07) is 3.89. The predicted molar refractivity (Wildman–Crippen MR) is 88.2 cm³/mol. The van der Waals surface area contributed by atoms with E-state index in [-0.39, 0.29) is 17.6 Å². The highest BCUT2D eigenvalue weighted by Crippen LogP contribution is 2.36. The molecule has 25 heavy (non-hydrogen) atoms. The van der Waals surface area contributed by atoms with Crippen LogP contribution in [-0.2, 0) is 4.74 Å². The Morgan fingerprint density at radius 2 is 2.28 bits per heavy atom. The van der Waals surface area contributed by atoms with Crippen molar-refractivity contribution in [2.75, 3.05) is 19.7 Å². The molecule has 2 aliphatic rings. The van der Waals surface area contributed by atoms with Crippen molar-refractivity contribution in [1.29, 1.82) is 0 Å². The van der Waals surface area contributed by atoms with Crippen LogP contribution in [-0.4, -0.2) is 62.4 Å². The maximum Gasteiger partial charge on any atom is 0.316 e. The Kier molecular flexibility index (Phi) is 4.12. The number of hydrogen-bond donors (Lipinski definition) is 1. The van der Waals surface area contributed by atoms with Crippen LogP contribution >= 0.6 is 0 Å². The zero-order chi connectivity index (χ0) is 17.3. The number of likely N-dealkylation sites (tertiary alicyclic amines) is 1. The lowest BCUT2D eigenvalue weighted by Crippen LogP contribution is -2.50. The van der Waals surface area contributed by atoms with Gasteiger partial charge in [-0.05, 0) is 31.9 Å². The van der Waals surface area contributed by atoms with E-state index in [4.69, 9.17) is 9.47 Å². The lowest BCUT2D eigenvalue weighted by Gasteiger charge is -2.39. The van der Waals surface area contributed by atoms with Crippen molar-refractivity contribution in [1.82, 2.24) is 25.1 Å². The highest BCUT2D eigenvalue weighted by molar-refractivity contribution is 5.92. The molecule has 0 radical (unpaired) electrons. The Bertz CT molecular complexity index is 750. The van der Waals surface area contributed by atoms with E-state index in [0.717, 1.165) is 31.5 Å². The maximum absolute atomic E-state index is 12.7. The third-order valence-electron chi connectivity index (χ3n) is 4.74. The third kappa shape index (κ3) is 3.34. The Balaban J connectivity index is 1.41. The quantitative estimate of drug-likeness (QED) is 0.904. The molecule has 2 saturated heterocycles. The molecule has 0 saturated carbocycles. The summed E-state index contributed by atoms with van der Waals surface area (Å²) < 4.78 is 11.9. The van der Waals surface area contributed by atoms with Crippen LogP contribution in [0.3, 0.4) is 0 Å². The highest BCUT2D eigenvalue weighted by Gasteiger charge is 2.45. The summed E-state index contributed by atoms with van der Waals surface area (Å²) in [6.07, 6.45) is 5.77. The molecule has 4 heterocycles. The summed E-state index contributed by atoms with van der Waals surface area (Å²) in [5.74, 6) is -0.0530. The van der Waals surface area contributed by atoms with E-state index in [1.165, 1.54) is 0 Å². The number of amides is 1. The minimum Gasteiger partial charge on any atom is -0.458 e. The van der Waals surface area contributed by atoms with E-state index in [1.807, 2.05) is 11.8 Å². The van der Waals surface area contributed by atoms with Gasteiger partial charge in [0.1, 0.15) is 11.8 Å². The minimum atomic E-state index is -0.349. The van der Waals surface area contributed by atoms with Crippen molar-refractivity contribution in [3.63, 3.8) is 0 Å². The van der Waals surface area contributed by atoms with Gasteiger partial charge in [-0.15, -0.1) is 0 Å². The number of aryl methyl sites for hydroxylation is 1. The van der Waals surface area contributed by atoms with Crippen LogP contribution in [0.4, 0.5) is 0 Å². The lowest BCUT2D eigenvalue weighted by atomic mass is 9.89. The van der Waals surface area contributed by atoms with E-state index < -0.39 is 0 Å². The van der Waals surface area contributed by atoms with Crippen LogP contribution < -0.4 is 4.74 Å². The first-order chi connectivity index (χ1) is 12.1. The Labute approximate surface area is 145 Å². The van der Waals surface area contributed by atoms with Crippen LogP contribution in [0.5, 0.6) is 6.01 Å². The molecule has 1 N–H and O–H groups in total. The first-order valence-electron chi connectivity index (χ1n) is 8.52. The van der Waals surface area contributed by atoms with Gasteiger partial charge in [-0.3, -0.25) is 9.89 Å². The second-order valence-corrected chi connectivity index (χ2v) is 6.74. The first kappa shape index (κ1) is 16.0. The van der Waals surface area contributed by atoms with Crippen molar-refractivity contribution in [3.05, 3.63) is 35.9 Å². The zero-order valence-corrected chi connectivity index (χ0v) is 14.1. The SMILES string of the molecule is Cc1cc(C(=O)N2CCC[C@@]3(C[C@@H](Oc4ncccn4)CO3)C2)n[nH]1. The number of ether oxygens (including phenoxy) is 2. The zero-order valence-electron chi connectivity index (χ0n) is 14.1. The summed E-state index contributed by atoms with van der Waals surface area (Å²) >= 11 is 0. The predicted octanol–water partition coefficient (Wildman–Crippen LogP) is 1.35. The van der Waals surface area contributed by atoms with Crippen molar-refractivity contribution in [3.8, 4) is 6.01 Å². The number of piperidine rings is 1. The molecule has 1 spiro atoms. The monoisotopic (exact) mass is 343 g/mol. The molecule has 132 valence electrons. The molecule has 2 atom stereocenters. The van der Waals surface area contributed by atoms with Gasteiger partial charge in [0, 0.05) is 31.1 Å². The second kappa shape index (κ2) is 6.44. The van der Waals surface area contributed by atoms with Crippen molar-refractivity contribution in [2.45, 2.75) is 37.9 Å². The Morgan fingerprint density at radius 3 is 3.04 bits per heavy atom. The largest absolute Gasteiger partial charge is 0.458 e. The molecule has 2 fully saturated rings. The fourth-order valence-corrected chi connectivity index (χ4v) is 3.62. The van der Waals surface area contributed by atoms with Crippen LogP contribution in [0.2, 0.25) is 0 Å². The Hall–Kier alpha value is -2.48. The van der Waals surface area contributed by atoms with Crippen LogP contribution in [0.15, 0.2) is 24.5 Å². The fraction of sp³-hybridized carbons (Fsp3) is 0.529. The van der Waals surface area contributed by atoms with Gasteiger partial charge in [0.25, 0.3) is 5.91 Å². The van der Waals surface area contributed by atoms with E-state index in [0.29, 0.717) is 24.9 Å². The minimum absolute atomic E-state index is 0.0530. The average Bonchev–Trinajstić information content (AvgIpc) is 3.22. The molecule has 2 aromatic heterocycles. The summed E-state index contributed by atoms with van der Waals surface area (Å²) in [5.41, 5.74) is 0.986. The van der Waals surface area contributed by atoms with Gasteiger partial charge in [0.05, 0.1) is 18.8 Å². The smallest absolute Gasteiger partial charge is 0.316 e. The number of nitrogens with one attached hydrogen (secondary N) is 1. The van der Waals surface area contributed by atoms with Crippen molar-refractivity contribution >= 4 is 5.91 Å². The van der Waals surface area contributed by atoms with E-state index in [9.17, 15) is 4.79 Å². The summed E-state index contributed by atoms with van der Waals surface area (Å²) in [6.45, 7) is 3.66. The van der Waals surface area contributed by atoms with Gasteiger partial charge < -0.3 is 14.4 Å². The summed E-state index contributed by atoms with van der Waals surface area (Å²) in [5, 5.41) is 6.90. The van der Waals surface area contributed by atoms with Gasteiger partial charge in [0.2, 0.25) is 0 Å². The number of H-pyrrole nitrogens is 1. The van der Waals surface area contributed by atoms with Gasteiger partial charge in [-0.25, -0.2) is 9.97 Å². The van der Waals surface area contributed by atoms with Crippen molar-refractivity contribution in [2.24, 2.45) is 0 Å². The standard InChI is InChI=1S/C17H21N5O3/c1-12-8-14(21-20-12)15(23)22-7-2-4-17(11-22)9-13(10-24-17)25-16-18-5-3-6-19-16/h3,5-6,8,13H,2,4,7,9-11H2,1H3,(H,20,21)/t13-,17-/m1/s1. The number of hydrogen-bond acceptors (Lipinski definition) is 6. The molecular formula is C17H21N5O3. The van der Waals surface area contributed by atoms with E-state index in [2.05, 4.69) is 20.2 Å². The second-order valence-electron chi connectivity index (χ2n) is 6.74. The molecule has 1 amide bonds. The molecule has 0 aromatic carbocycles. The number of aromatic amines is 1. The molecular weight excluding hydrogens is 322 g/mol. The number of carbonyl (C=O) groups excluding carboxylic acids is 1. The van der Waals surface area contributed by atoms with Gasteiger partial charge in [0.15, 0.2) is 0 Å². The number of nitrogens with zero attached hydrogens (tertiary/aromatic N) is 4. The molecule has 0 unspecified atom stereocenters. The molecule has 2 aromatic rings. The van der Waals surface area contributed by atoms with Crippen LogP contribution in [0.25, 0.3) is 0 Å². The third-order valence-corrected chi connectivity index (χ3v) is 4.74. The summed E-state index contributed by atoms with van der Waals surface area (Å²) in [4.78, 5) is 22.7. The van der Waals surface area contributed by atoms with Gasteiger partial charge >= 0.3 is 6.01 Å². The van der Waals surface area contributed by atoms with Gasteiger partial charge in [-0.2, -0.15) is 5.10 Å². The van der Waals surface area contributed by atoms with Crippen LogP contribution in [0.1, 0.15) is 35.4 Å². The molecule has 8 nitrogen and oxygen atoms in total. The molecule has 0 aliphatic carbocycles. The number of carbonyl (C=O) groups is 1. The molecule has 0 bridgehead atoms.